The van der Waals surface area contributed by atoms with Crippen molar-refractivity contribution in [1.82, 2.24) is 19.2 Å². The molecule has 28 heavy (non-hydrogen) atoms. The van der Waals surface area contributed by atoms with Crippen LogP contribution in [0.15, 0.2) is 47.9 Å². The van der Waals surface area contributed by atoms with Gasteiger partial charge in [0.1, 0.15) is 17.9 Å². The van der Waals surface area contributed by atoms with Gasteiger partial charge < -0.3 is 19.4 Å². The fourth-order valence-electron chi connectivity index (χ4n) is 3.09. The lowest BCUT2D eigenvalue weighted by Gasteiger charge is -2.21. The van der Waals surface area contributed by atoms with E-state index < -0.39 is 22.2 Å². The molecule has 1 amide bonds. The number of rotatable bonds is 8. The van der Waals surface area contributed by atoms with Gasteiger partial charge in [-0.15, -0.1) is 0 Å². The van der Waals surface area contributed by atoms with Crippen LogP contribution in [0, 0.1) is 0 Å². The van der Waals surface area contributed by atoms with Gasteiger partial charge in [0.05, 0.1) is 19.5 Å². The van der Waals surface area contributed by atoms with Crippen molar-refractivity contribution < 1.29 is 22.7 Å². The van der Waals surface area contributed by atoms with Crippen LogP contribution in [0.3, 0.4) is 0 Å². The highest BCUT2D eigenvalue weighted by molar-refractivity contribution is 7.89. The molecule has 1 N–H and O–H groups in total. The van der Waals surface area contributed by atoms with Crippen LogP contribution in [-0.2, 0) is 26.6 Å². The van der Waals surface area contributed by atoms with Crippen LogP contribution in [-0.4, -0.2) is 67.1 Å². The molecule has 2 aromatic rings. The third kappa shape index (κ3) is 4.51. The zero-order valence-electron chi connectivity index (χ0n) is 15.8. The fourth-order valence-corrected chi connectivity index (χ4v) is 4.69. The second-order valence-electron chi connectivity index (χ2n) is 6.54. The van der Waals surface area contributed by atoms with E-state index >= 15 is 0 Å². The van der Waals surface area contributed by atoms with E-state index in [1.165, 1.54) is 23.9 Å². The smallest absolute Gasteiger partial charge is 0.262 e. The minimum Gasteiger partial charge on any atom is -0.489 e. The Balaban J connectivity index is 1.82. The van der Waals surface area contributed by atoms with E-state index in [0.717, 1.165) is 0 Å². The number of sulfonamides is 1. The molecule has 0 spiro atoms. The van der Waals surface area contributed by atoms with Crippen molar-refractivity contribution >= 4 is 15.9 Å². The minimum absolute atomic E-state index is 0.0656. The molecule has 152 valence electrons. The van der Waals surface area contributed by atoms with Gasteiger partial charge in [0.2, 0.25) is 5.91 Å². The zero-order valence-corrected chi connectivity index (χ0v) is 16.6. The molecule has 0 bridgehead atoms. The van der Waals surface area contributed by atoms with Crippen molar-refractivity contribution in [3.63, 3.8) is 0 Å². The summed E-state index contributed by atoms with van der Waals surface area (Å²) in [5, 5.41) is 2.62. The first kappa shape index (κ1) is 20.3. The summed E-state index contributed by atoms with van der Waals surface area (Å²) in [6.45, 7) is 0.707. The minimum atomic E-state index is -3.94. The number of methoxy groups -OCH3 is 1. The number of hydrogen-bond acceptors (Lipinski definition) is 6. The van der Waals surface area contributed by atoms with E-state index in [4.69, 9.17) is 9.47 Å². The molecule has 9 nitrogen and oxygen atoms in total. The first-order valence-electron chi connectivity index (χ1n) is 8.90. The molecule has 1 aliphatic heterocycles. The number of hydrogen-bond donors (Lipinski definition) is 1. The van der Waals surface area contributed by atoms with Crippen LogP contribution in [0.2, 0.25) is 0 Å². The lowest BCUT2D eigenvalue weighted by molar-refractivity contribution is -0.124. The standard InChI is InChI=1S/C18H24N4O5S/c1-21-12-17(20-13-21)28(24,25)22-11-15(27-14-6-4-3-5-7-14)10-16(22)18(23)19-8-9-26-2/h3-7,12-13,15-16H,8-11H2,1-2H3,(H,19,23)/t15-,16+/m0/s1. The number of benzene rings is 1. The summed E-state index contributed by atoms with van der Waals surface area (Å²) in [6, 6.07) is 8.25. The predicted octanol–water partition coefficient (Wildman–Crippen LogP) is 0.393. The summed E-state index contributed by atoms with van der Waals surface area (Å²) in [6.07, 6.45) is 2.63. The molecule has 1 aromatic carbocycles. The van der Waals surface area contributed by atoms with Gasteiger partial charge in [0.15, 0.2) is 5.03 Å². The first-order chi connectivity index (χ1) is 13.4. The maximum absolute atomic E-state index is 13.1. The van der Waals surface area contributed by atoms with E-state index in [9.17, 15) is 13.2 Å². The number of aromatic nitrogens is 2. The molecule has 0 aliphatic carbocycles. The van der Waals surface area contributed by atoms with Crippen molar-refractivity contribution in [1.29, 1.82) is 0 Å². The van der Waals surface area contributed by atoms with E-state index in [1.807, 2.05) is 18.2 Å². The Kier molecular flexibility index (Phi) is 6.32. The number of nitrogens with zero attached hydrogens (tertiary/aromatic N) is 3. The molecule has 2 heterocycles. The number of nitrogens with one attached hydrogen (secondary N) is 1. The molecule has 1 aromatic heterocycles. The van der Waals surface area contributed by atoms with E-state index in [1.54, 1.807) is 23.7 Å². The van der Waals surface area contributed by atoms with E-state index in [0.29, 0.717) is 18.9 Å². The summed E-state index contributed by atoms with van der Waals surface area (Å²) in [5.74, 6) is 0.249. The van der Waals surface area contributed by atoms with Crippen molar-refractivity contribution in [2.24, 2.45) is 7.05 Å². The molecule has 1 fully saturated rings. The SMILES string of the molecule is COCCNC(=O)[C@H]1C[C@H](Oc2ccccc2)CN1S(=O)(=O)c1cn(C)cn1. The highest BCUT2D eigenvalue weighted by Gasteiger charge is 2.45. The second-order valence-corrected chi connectivity index (χ2v) is 8.38. The molecule has 1 aliphatic rings. The van der Waals surface area contributed by atoms with Gasteiger partial charge in [-0.3, -0.25) is 4.79 Å². The van der Waals surface area contributed by atoms with Crippen molar-refractivity contribution in [3.05, 3.63) is 42.9 Å². The van der Waals surface area contributed by atoms with Gasteiger partial charge in [-0.1, -0.05) is 18.2 Å². The second kappa shape index (κ2) is 8.72. The third-order valence-corrected chi connectivity index (χ3v) is 6.19. The van der Waals surface area contributed by atoms with Gasteiger partial charge >= 0.3 is 0 Å². The van der Waals surface area contributed by atoms with Gasteiger partial charge in [-0.25, -0.2) is 13.4 Å². The van der Waals surface area contributed by atoms with Gasteiger partial charge in [0.25, 0.3) is 10.0 Å². The summed E-state index contributed by atoms with van der Waals surface area (Å²) in [5.41, 5.74) is 0. The Bertz CT molecular complexity index is 900. The van der Waals surface area contributed by atoms with Crippen molar-refractivity contribution in [2.45, 2.75) is 23.6 Å². The Morgan fingerprint density at radius 2 is 2.07 bits per heavy atom. The average molecular weight is 408 g/mol. The quantitative estimate of drug-likeness (QED) is 0.634. The molecular weight excluding hydrogens is 384 g/mol. The number of amides is 1. The van der Waals surface area contributed by atoms with Crippen LogP contribution in [0.5, 0.6) is 5.75 Å². The number of carbonyl (C=O) groups is 1. The number of imidazole rings is 1. The molecular formula is C18H24N4O5S. The average Bonchev–Trinajstić information content (AvgIpc) is 3.30. The number of ether oxygens (including phenoxy) is 2. The Morgan fingerprint density at radius 1 is 1.32 bits per heavy atom. The Labute approximate surface area is 164 Å². The van der Waals surface area contributed by atoms with Gasteiger partial charge in [0, 0.05) is 33.3 Å². The first-order valence-corrected chi connectivity index (χ1v) is 10.3. The van der Waals surface area contributed by atoms with Gasteiger partial charge in [-0.2, -0.15) is 4.31 Å². The van der Waals surface area contributed by atoms with Crippen LogP contribution in [0.4, 0.5) is 0 Å². The molecule has 0 saturated carbocycles. The largest absolute Gasteiger partial charge is 0.489 e. The lowest BCUT2D eigenvalue weighted by Crippen LogP contribution is -2.46. The fraction of sp³-hybridized carbons (Fsp3) is 0.444. The molecule has 10 heteroatoms. The summed E-state index contributed by atoms with van der Waals surface area (Å²) >= 11 is 0. The lowest BCUT2D eigenvalue weighted by atomic mass is 10.2. The van der Waals surface area contributed by atoms with E-state index in [2.05, 4.69) is 10.3 Å². The number of carbonyl (C=O) groups excluding carboxylic acids is 1. The maximum Gasteiger partial charge on any atom is 0.262 e. The monoisotopic (exact) mass is 408 g/mol. The molecule has 1 saturated heterocycles. The molecule has 0 radical (unpaired) electrons. The van der Waals surface area contributed by atoms with Crippen LogP contribution in [0.25, 0.3) is 0 Å². The Hall–Kier alpha value is -2.43. The van der Waals surface area contributed by atoms with Crippen LogP contribution in [0.1, 0.15) is 6.42 Å². The highest BCUT2D eigenvalue weighted by Crippen LogP contribution is 2.28. The highest BCUT2D eigenvalue weighted by atomic mass is 32.2. The molecule has 3 rings (SSSR count). The molecule has 2 atom stereocenters. The zero-order chi connectivity index (χ0) is 20.1. The third-order valence-electron chi connectivity index (χ3n) is 4.43. The summed E-state index contributed by atoms with van der Waals surface area (Å²) in [4.78, 5) is 16.6. The number of para-hydroxylation sites is 1. The van der Waals surface area contributed by atoms with Crippen LogP contribution >= 0.6 is 0 Å². The van der Waals surface area contributed by atoms with Crippen LogP contribution < -0.4 is 10.1 Å². The summed E-state index contributed by atoms with van der Waals surface area (Å²) in [7, 11) is -0.721. The summed E-state index contributed by atoms with van der Waals surface area (Å²) < 4.78 is 39.7. The normalized spacial score (nSPS) is 20.2. The van der Waals surface area contributed by atoms with E-state index in [-0.39, 0.29) is 23.9 Å². The predicted molar refractivity (Wildman–Crippen MR) is 101 cm³/mol. The number of aryl methyl sites for hydroxylation is 1. The van der Waals surface area contributed by atoms with Gasteiger partial charge in [-0.05, 0) is 12.1 Å². The topological polar surface area (TPSA) is 103 Å². The van der Waals surface area contributed by atoms with Crippen molar-refractivity contribution in [2.75, 3.05) is 26.8 Å². The van der Waals surface area contributed by atoms with Crippen molar-refractivity contribution in [3.8, 4) is 5.75 Å². The Morgan fingerprint density at radius 3 is 2.71 bits per heavy atom. The maximum atomic E-state index is 13.1. The molecule has 0 unspecified atom stereocenters.